The molecule has 5 rings (SSSR count). The Bertz CT molecular complexity index is 1240. The van der Waals surface area contributed by atoms with Crippen molar-refractivity contribution in [1.29, 1.82) is 0 Å². The number of amides is 2. The highest BCUT2D eigenvalue weighted by molar-refractivity contribution is 7.18. The zero-order chi connectivity index (χ0) is 25.9. The van der Waals surface area contributed by atoms with Crippen LogP contribution in [0.15, 0.2) is 60.7 Å². The largest absolute Gasteiger partial charge is 0.309 e. The number of carbonyl (C=O) groups excluding carboxylic acids is 2. The number of para-hydroxylation sites is 1. The van der Waals surface area contributed by atoms with E-state index in [1.807, 2.05) is 54.6 Å². The number of anilines is 3. The van der Waals surface area contributed by atoms with E-state index in [4.69, 9.17) is 0 Å². The predicted molar refractivity (Wildman–Crippen MR) is 147 cm³/mol. The van der Waals surface area contributed by atoms with Crippen LogP contribution < -0.4 is 37.3 Å². The fourth-order valence-electron chi connectivity index (χ4n) is 4.68. The summed E-state index contributed by atoms with van der Waals surface area (Å²) in [5.74, 6) is -0.484. The number of benzene rings is 2. The summed E-state index contributed by atoms with van der Waals surface area (Å²) < 4.78 is 0. The van der Waals surface area contributed by atoms with Crippen LogP contribution in [0.5, 0.6) is 0 Å². The zero-order valence-electron chi connectivity index (χ0n) is 21.1. The standard InChI is InChI=1S/C26H32N8O2S/c1-17-14-33(15-18(2)27-17)16-19-9-11-20(12-10-19)24(35)30-34-22-13-23(37-26(22)28-31-34)25(36)29-32(3)21-7-5-4-6-8-21/h4-13,17-18,27-28,31H,14-16H2,1-3H3,(H,29,36)(H,30,35). The summed E-state index contributed by atoms with van der Waals surface area (Å²) in [7, 11) is 1.79. The van der Waals surface area contributed by atoms with Crippen molar-refractivity contribution in [3.8, 4) is 0 Å². The molecule has 2 atom stereocenters. The molecule has 0 spiro atoms. The van der Waals surface area contributed by atoms with Crippen molar-refractivity contribution in [2.24, 2.45) is 0 Å². The minimum atomic E-state index is -0.251. The highest BCUT2D eigenvalue weighted by atomic mass is 32.1. The van der Waals surface area contributed by atoms with Crippen molar-refractivity contribution in [1.82, 2.24) is 26.6 Å². The highest BCUT2D eigenvalue weighted by Gasteiger charge is 2.27. The molecule has 5 N–H and O–H groups in total. The van der Waals surface area contributed by atoms with Crippen LogP contribution in [0, 0.1) is 0 Å². The van der Waals surface area contributed by atoms with E-state index in [-0.39, 0.29) is 11.8 Å². The first-order valence-corrected chi connectivity index (χ1v) is 13.1. The van der Waals surface area contributed by atoms with E-state index in [1.165, 1.54) is 22.0 Å². The monoisotopic (exact) mass is 520 g/mol. The SMILES string of the molecule is CC1CN(Cc2ccc(C(=O)NN3NNc4sc(C(=O)NN(C)c5ccccc5)cc43)cc2)CC(C)N1. The van der Waals surface area contributed by atoms with Gasteiger partial charge in [0, 0.05) is 44.3 Å². The van der Waals surface area contributed by atoms with E-state index in [2.05, 4.69) is 45.9 Å². The first-order valence-electron chi connectivity index (χ1n) is 12.3. The molecule has 3 heterocycles. The zero-order valence-corrected chi connectivity index (χ0v) is 21.9. The second-order valence-corrected chi connectivity index (χ2v) is 10.6. The Morgan fingerprint density at radius 3 is 2.43 bits per heavy atom. The molecule has 1 saturated heterocycles. The first-order chi connectivity index (χ1) is 17.9. The highest BCUT2D eigenvalue weighted by Crippen LogP contribution is 2.37. The van der Waals surface area contributed by atoms with Gasteiger partial charge in [-0.15, -0.1) is 16.9 Å². The summed E-state index contributed by atoms with van der Waals surface area (Å²) in [5.41, 5.74) is 14.9. The Balaban J connectivity index is 1.18. The topological polar surface area (TPSA) is 104 Å². The van der Waals surface area contributed by atoms with Crippen LogP contribution in [-0.2, 0) is 6.54 Å². The van der Waals surface area contributed by atoms with E-state index in [1.54, 1.807) is 18.1 Å². The Morgan fingerprint density at radius 2 is 1.73 bits per heavy atom. The quantitative estimate of drug-likeness (QED) is 0.303. The maximum atomic E-state index is 12.9. The summed E-state index contributed by atoms with van der Waals surface area (Å²) >= 11 is 1.30. The number of nitrogens with zero attached hydrogens (tertiary/aromatic N) is 3. The minimum Gasteiger partial charge on any atom is -0.309 e. The lowest BCUT2D eigenvalue weighted by Crippen LogP contribution is -2.53. The third-order valence-corrected chi connectivity index (χ3v) is 7.38. The maximum Gasteiger partial charge on any atom is 0.280 e. The normalized spacial score (nSPS) is 19.2. The Kier molecular flexibility index (Phi) is 7.28. The van der Waals surface area contributed by atoms with Crippen LogP contribution in [0.3, 0.4) is 0 Å². The van der Waals surface area contributed by atoms with E-state index in [9.17, 15) is 9.59 Å². The lowest BCUT2D eigenvalue weighted by atomic mass is 10.1. The van der Waals surface area contributed by atoms with Crippen molar-refractivity contribution in [3.05, 3.63) is 76.7 Å². The molecule has 37 heavy (non-hydrogen) atoms. The van der Waals surface area contributed by atoms with Gasteiger partial charge in [-0.2, -0.15) is 5.12 Å². The molecule has 2 amide bonds. The molecule has 11 heteroatoms. The van der Waals surface area contributed by atoms with Crippen molar-refractivity contribution in [2.45, 2.75) is 32.5 Å². The number of hydrazine groups is 4. The molecule has 0 aliphatic carbocycles. The van der Waals surface area contributed by atoms with Gasteiger partial charge in [-0.3, -0.25) is 30.3 Å². The summed E-state index contributed by atoms with van der Waals surface area (Å²) in [5, 5.41) is 7.45. The number of hydrogen-bond acceptors (Lipinski definition) is 9. The number of rotatable bonds is 7. The molecule has 3 aromatic rings. The molecular formula is C26H32N8O2S. The van der Waals surface area contributed by atoms with Crippen molar-refractivity contribution in [2.75, 3.05) is 35.7 Å². The number of piperazine rings is 1. The molecule has 194 valence electrons. The van der Waals surface area contributed by atoms with Crippen LogP contribution in [0.1, 0.15) is 39.4 Å². The molecule has 0 bridgehead atoms. The van der Waals surface area contributed by atoms with E-state index in [0.29, 0.717) is 28.2 Å². The lowest BCUT2D eigenvalue weighted by molar-refractivity contribution is 0.0942. The fraction of sp³-hybridized carbons (Fsp3) is 0.308. The van der Waals surface area contributed by atoms with E-state index < -0.39 is 0 Å². The van der Waals surface area contributed by atoms with Gasteiger partial charge in [0.1, 0.15) is 10.7 Å². The van der Waals surface area contributed by atoms with Gasteiger partial charge in [0.15, 0.2) is 0 Å². The summed E-state index contributed by atoms with van der Waals surface area (Å²) in [6.45, 7) is 7.28. The maximum absolute atomic E-state index is 12.9. The molecule has 1 fully saturated rings. The lowest BCUT2D eigenvalue weighted by Gasteiger charge is -2.36. The Labute approximate surface area is 220 Å². The van der Waals surface area contributed by atoms with Crippen LogP contribution >= 0.6 is 11.3 Å². The molecular weight excluding hydrogens is 488 g/mol. The van der Waals surface area contributed by atoms with Crippen LogP contribution in [0.4, 0.5) is 16.4 Å². The van der Waals surface area contributed by atoms with Crippen molar-refractivity contribution >= 4 is 39.5 Å². The number of nitrogens with one attached hydrogen (secondary N) is 5. The molecule has 0 saturated carbocycles. The summed E-state index contributed by atoms with van der Waals surface area (Å²) in [6.07, 6.45) is 0. The van der Waals surface area contributed by atoms with Gasteiger partial charge < -0.3 is 5.32 Å². The molecule has 2 aromatic carbocycles. The number of fused-ring (bicyclic) bond motifs is 1. The fourth-order valence-corrected chi connectivity index (χ4v) is 5.56. The molecule has 1 aromatic heterocycles. The van der Waals surface area contributed by atoms with Gasteiger partial charge in [-0.05, 0) is 49.7 Å². The van der Waals surface area contributed by atoms with E-state index in [0.717, 1.165) is 30.3 Å². The molecule has 0 radical (unpaired) electrons. The van der Waals surface area contributed by atoms with Gasteiger partial charge in [0.25, 0.3) is 11.8 Å². The number of thiophene rings is 1. The van der Waals surface area contributed by atoms with Crippen LogP contribution in [0.25, 0.3) is 0 Å². The second kappa shape index (κ2) is 10.8. The summed E-state index contributed by atoms with van der Waals surface area (Å²) in [6, 6.07) is 19.9. The Morgan fingerprint density at radius 1 is 1.03 bits per heavy atom. The second-order valence-electron chi connectivity index (χ2n) is 9.53. The van der Waals surface area contributed by atoms with Gasteiger partial charge in [0.2, 0.25) is 0 Å². The van der Waals surface area contributed by atoms with Crippen molar-refractivity contribution < 1.29 is 9.59 Å². The third kappa shape index (κ3) is 5.86. The smallest absolute Gasteiger partial charge is 0.280 e. The molecule has 2 unspecified atom stereocenters. The van der Waals surface area contributed by atoms with Crippen LogP contribution in [0.2, 0.25) is 0 Å². The van der Waals surface area contributed by atoms with E-state index >= 15 is 0 Å². The van der Waals surface area contributed by atoms with Gasteiger partial charge in [0.05, 0.1) is 10.6 Å². The number of hydrogen-bond donors (Lipinski definition) is 5. The number of carbonyl (C=O) groups is 2. The van der Waals surface area contributed by atoms with Gasteiger partial charge >= 0.3 is 0 Å². The predicted octanol–water partition coefficient (Wildman–Crippen LogP) is 2.71. The Hall–Kier alpha value is -3.64. The minimum absolute atomic E-state index is 0.234. The molecule has 2 aliphatic heterocycles. The molecule has 10 nitrogen and oxygen atoms in total. The van der Waals surface area contributed by atoms with Crippen LogP contribution in [-0.4, -0.2) is 48.9 Å². The molecule has 2 aliphatic rings. The summed E-state index contributed by atoms with van der Waals surface area (Å²) in [4.78, 5) is 28.7. The first kappa shape index (κ1) is 25.0. The van der Waals surface area contributed by atoms with Gasteiger partial charge in [-0.1, -0.05) is 30.3 Å². The van der Waals surface area contributed by atoms with Gasteiger partial charge in [-0.25, -0.2) is 5.43 Å². The van der Waals surface area contributed by atoms with Crippen molar-refractivity contribution in [3.63, 3.8) is 0 Å². The average Bonchev–Trinajstić information content (AvgIpc) is 3.46. The average molecular weight is 521 g/mol. The third-order valence-electron chi connectivity index (χ3n) is 6.34.